The number of rotatable bonds is 5. The van der Waals surface area contributed by atoms with Crippen LogP contribution in [0.25, 0.3) is 0 Å². The van der Waals surface area contributed by atoms with Crippen LogP contribution in [0, 0.1) is 5.41 Å². The van der Waals surface area contributed by atoms with Gasteiger partial charge in [-0.15, -0.1) is 0 Å². The van der Waals surface area contributed by atoms with Crippen LogP contribution in [-0.4, -0.2) is 51.8 Å². The summed E-state index contributed by atoms with van der Waals surface area (Å²) < 4.78 is 5.08. The molecule has 0 saturated carbocycles. The van der Waals surface area contributed by atoms with Crippen LogP contribution < -0.4 is 5.32 Å². The van der Waals surface area contributed by atoms with E-state index < -0.39 is 0 Å². The summed E-state index contributed by atoms with van der Waals surface area (Å²) in [6.45, 7) is 7.82. The number of hydrogen-bond acceptors (Lipinski definition) is 3. The maximum atomic E-state index is 5.08. The Bertz CT molecular complexity index is 155. The van der Waals surface area contributed by atoms with E-state index in [2.05, 4.69) is 24.2 Å². The van der Waals surface area contributed by atoms with Gasteiger partial charge in [0.1, 0.15) is 0 Å². The van der Waals surface area contributed by atoms with E-state index in [0.29, 0.717) is 5.41 Å². The van der Waals surface area contributed by atoms with Crippen molar-refractivity contribution < 1.29 is 4.74 Å². The fourth-order valence-electron chi connectivity index (χ4n) is 2.17. The molecule has 1 aliphatic heterocycles. The minimum atomic E-state index is 0.508. The highest BCUT2D eigenvalue weighted by molar-refractivity contribution is 4.82. The van der Waals surface area contributed by atoms with Gasteiger partial charge in [-0.05, 0) is 38.4 Å². The molecule has 1 fully saturated rings. The van der Waals surface area contributed by atoms with Crippen LogP contribution in [0.5, 0.6) is 0 Å². The fraction of sp³-hybridized carbons (Fsp3) is 1.00. The van der Waals surface area contributed by atoms with Gasteiger partial charge in [0.05, 0.1) is 6.61 Å². The summed E-state index contributed by atoms with van der Waals surface area (Å²) in [4.78, 5) is 2.38. The lowest BCUT2D eigenvalue weighted by atomic mass is 9.80. The number of ether oxygens (including phenoxy) is 1. The van der Waals surface area contributed by atoms with E-state index in [9.17, 15) is 0 Å². The zero-order valence-corrected chi connectivity index (χ0v) is 9.81. The van der Waals surface area contributed by atoms with Gasteiger partial charge in [-0.25, -0.2) is 0 Å². The van der Waals surface area contributed by atoms with E-state index in [0.717, 1.165) is 13.2 Å². The minimum absolute atomic E-state index is 0.508. The van der Waals surface area contributed by atoms with Crippen molar-refractivity contribution in [3.8, 4) is 0 Å². The Kier molecular flexibility index (Phi) is 4.85. The number of nitrogens with one attached hydrogen (secondary N) is 1. The average molecular weight is 200 g/mol. The smallest absolute Gasteiger partial charge is 0.0589 e. The first-order chi connectivity index (χ1) is 6.66. The van der Waals surface area contributed by atoms with Crippen LogP contribution in [-0.2, 0) is 4.74 Å². The van der Waals surface area contributed by atoms with Gasteiger partial charge < -0.3 is 15.0 Å². The second kappa shape index (κ2) is 5.69. The first kappa shape index (κ1) is 12.0. The van der Waals surface area contributed by atoms with Crippen molar-refractivity contribution in [2.24, 2.45) is 5.41 Å². The third-order valence-corrected chi connectivity index (χ3v) is 3.14. The van der Waals surface area contributed by atoms with Gasteiger partial charge >= 0.3 is 0 Å². The van der Waals surface area contributed by atoms with Crippen LogP contribution in [0.15, 0.2) is 0 Å². The zero-order chi connectivity index (χ0) is 10.4. The van der Waals surface area contributed by atoms with Crippen molar-refractivity contribution in [2.75, 3.05) is 46.9 Å². The van der Waals surface area contributed by atoms with Crippen molar-refractivity contribution in [2.45, 2.75) is 19.8 Å². The molecule has 0 atom stereocenters. The number of nitrogens with zero attached hydrogens (tertiary/aromatic N) is 1. The van der Waals surface area contributed by atoms with Crippen molar-refractivity contribution in [1.82, 2.24) is 10.2 Å². The zero-order valence-electron chi connectivity index (χ0n) is 9.81. The Morgan fingerprint density at radius 2 is 2.00 bits per heavy atom. The number of hydrogen-bond donors (Lipinski definition) is 1. The first-order valence-electron chi connectivity index (χ1n) is 5.54. The average Bonchev–Trinajstić information content (AvgIpc) is 2.15. The fourth-order valence-corrected chi connectivity index (χ4v) is 2.17. The predicted molar refractivity (Wildman–Crippen MR) is 59.6 cm³/mol. The quantitative estimate of drug-likeness (QED) is 0.715. The maximum absolute atomic E-state index is 5.08. The Labute approximate surface area is 87.8 Å². The van der Waals surface area contributed by atoms with E-state index in [4.69, 9.17) is 4.74 Å². The van der Waals surface area contributed by atoms with Crippen molar-refractivity contribution in [1.29, 1.82) is 0 Å². The molecule has 1 N–H and O–H groups in total. The van der Waals surface area contributed by atoms with Gasteiger partial charge in [0.2, 0.25) is 0 Å². The molecule has 1 heterocycles. The number of likely N-dealkylation sites (N-methyl/N-ethyl adjacent to an activating group) is 1. The van der Waals surface area contributed by atoms with Crippen LogP contribution in [0.2, 0.25) is 0 Å². The van der Waals surface area contributed by atoms with Crippen LogP contribution in [0.4, 0.5) is 0 Å². The molecule has 1 aliphatic rings. The van der Waals surface area contributed by atoms with Gasteiger partial charge in [0, 0.05) is 20.2 Å². The maximum Gasteiger partial charge on any atom is 0.0589 e. The summed E-state index contributed by atoms with van der Waals surface area (Å²) in [6.07, 6.45) is 2.59. The molecule has 84 valence electrons. The molecule has 0 aromatic heterocycles. The van der Waals surface area contributed by atoms with E-state index in [1.165, 1.54) is 32.5 Å². The highest BCUT2D eigenvalue weighted by Gasteiger charge is 2.27. The molecule has 3 nitrogen and oxygen atoms in total. The Hall–Kier alpha value is -0.120. The first-order valence-corrected chi connectivity index (χ1v) is 5.54. The molecule has 0 aromatic carbocycles. The topological polar surface area (TPSA) is 24.5 Å². The van der Waals surface area contributed by atoms with Gasteiger partial charge in [-0.1, -0.05) is 6.92 Å². The standard InChI is InChI=1S/C11H24N2O/c1-11(4-6-12-7-5-11)10-13(2)8-9-14-3/h12H,4-10H2,1-3H3. The van der Waals surface area contributed by atoms with Crippen LogP contribution >= 0.6 is 0 Å². The molecule has 0 amide bonds. The normalized spacial score (nSPS) is 21.4. The molecule has 0 aromatic rings. The summed E-state index contributed by atoms with van der Waals surface area (Å²) in [5.41, 5.74) is 0.508. The monoisotopic (exact) mass is 200 g/mol. The summed E-state index contributed by atoms with van der Waals surface area (Å²) in [6, 6.07) is 0. The summed E-state index contributed by atoms with van der Waals surface area (Å²) in [7, 11) is 3.95. The SMILES string of the molecule is COCCN(C)CC1(C)CCNCC1. The Morgan fingerprint density at radius 3 is 2.57 bits per heavy atom. The molecule has 0 spiro atoms. The third-order valence-electron chi connectivity index (χ3n) is 3.14. The van der Waals surface area contributed by atoms with Gasteiger partial charge in [-0.2, -0.15) is 0 Å². The lowest BCUT2D eigenvalue weighted by Crippen LogP contribution is -2.42. The summed E-state index contributed by atoms with van der Waals surface area (Å²) in [5.74, 6) is 0. The molecule has 3 heteroatoms. The van der Waals surface area contributed by atoms with E-state index in [-0.39, 0.29) is 0 Å². The van der Waals surface area contributed by atoms with Crippen LogP contribution in [0.1, 0.15) is 19.8 Å². The molecule has 1 saturated heterocycles. The van der Waals surface area contributed by atoms with E-state index in [1.807, 2.05) is 0 Å². The third kappa shape index (κ3) is 3.95. The second-order valence-electron chi connectivity index (χ2n) is 4.79. The molecule has 14 heavy (non-hydrogen) atoms. The second-order valence-corrected chi connectivity index (χ2v) is 4.79. The summed E-state index contributed by atoms with van der Waals surface area (Å²) in [5, 5.41) is 3.41. The number of methoxy groups -OCH3 is 1. The largest absolute Gasteiger partial charge is 0.383 e. The molecule has 0 unspecified atom stereocenters. The van der Waals surface area contributed by atoms with Crippen molar-refractivity contribution in [3.05, 3.63) is 0 Å². The molecule has 0 aliphatic carbocycles. The molecular formula is C11H24N2O. The van der Waals surface area contributed by atoms with Crippen molar-refractivity contribution in [3.63, 3.8) is 0 Å². The molecule has 1 rings (SSSR count). The lowest BCUT2D eigenvalue weighted by Gasteiger charge is -2.37. The van der Waals surface area contributed by atoms with Crippen molar-refractivity contribution >= 4 is 0 Å². The molecule has 0 radical (unpaired) electrons. The predicted octanol–water partition coefficient (Wildman–Crippen LogP) is 0.954. The van der Waals surface area contributed by atoms with E-state index >= 15 is 0 Å². The lowest BCUT2D eigenvalue weighted by molar-refractivity contribution is 0.112. The molecule has 0 bridgehead atoms. The molecular weight excluding hydrogens is 176 g/mol. The minimum Gasteiger partial charge on any atom is -0.383 e. The number of piperidine rings is 1. The highest BCUT2D eigenvalue weighted by atomic mass is 16.5. The van der Waals surface area contributed by atoms with Crippen LogP contribution in [0.3, 0.4) is 0 Å². The highest BCUT2D eigenvalue weighted by Crippen LogP contribution is 2.28. The van der Waals surface area contributed by atoms with Gasteiger partial charge in [0.25, 0.3) is 0 Å². The Morgan fingerprint density at radius 1 is 1.36 bits per heavy atom. The summed E-state index contributed by atoms with van der Waals surface area (Å²) >= 11 is 0. The van der Waals surface area contributed by atoms with Gasteiger partial charge in [0.15, 0.2) is 0 Å². The van der Waals surface area contributed by atoms with Gasteiger partial charge in [-0.3, -0.25) is 0 Å². The Balaban J connectivity index is 2.25. The van der Waals surface area contributed by atoms with E-state index in [1.54, 1.807) is 7.11 Å².